The van der Waals surface area contributed by atoms with Crippen molar-refractivity contribution in [1.29, 1.82) is 0 Å². The molecule has 0 bridgehead atoms. The third-order valence-corrected chi connectivity index (χ3v) is 5.66. The third kappa shape index (κ3) is 5.02. The number of nitrogens with one attached hydrogen (secondary N) is 2. The third-order valence-electron chi connectivity index (χ3n) is 3.82. The normalized spacial score (nSPS) is 19.8. The van der Waals surface area contributed by atoms with Crippen LogP contribution < -0.4 is 20.1 Å². The van der Waals surface area contributed by atoms with E-state index in [2.05, 4.69) is 15.6 Å². The number of guanidine groups is 1. The van der Waals surface area contributed by atoms with Crippen LogP contribution in [0.25, 0.3) is 0 Å². The number of nitrogens with zero attached hydrogens (tertiary/aromatic N) is 1. The van der Waals surface area contributed by atoms with Crippen molar-refractivity contribution < 1.29 is 17.9 Å². The Hall–Kier alpha value is -1.96. The molecular formula is C16H25N3O4S. The largest absolute Gasteiger partial charge is 0.493 e. The highest BCUT2D eigenvalue weighted by Gasteiger charge is 2.27. The minimum atomic E-state index is -2.87. The molecule has 24 heavy (non-hydrogen) atoms. The average molecular weight is 355 g/mol. The van der Waals surface area contributed by atoms with Crippen LogP contribution in [-0.2, 0) is 9.84 Å². The molecule has 1 atom stereocenters. The van der Waals surface area contributed by atoms with Gasteiger partial charge in [0.2, 0.25) is 0 Å². The van der Waals surface area contributed by atoms with Crippen molar-refractivity contribution in [3.05, 3.63) is 18.2 Å². The molecule has 1 fully saturated rings. The van der Waals surface area contributed by atoms with Gasteiger partial charge in [-0.25, -0.2) is 8.42 Å². The van der Waals surface area contributed by atoms with E-state index in [0.29, 0.717) is 37.0 Å². The predicted octanol–water partition coefficient (Wildman–Crippen LogP) is 1.52. The van der Waals surface area contributed by atoms with Gasteiger partial charge in [0.05, 0.1) is 25.7 Å². The number of ether oxygens (including phenoxy) is 2. The van der Waals surface area contributed by atoms with E-state index >= 15 is 0 Å². The number of anilines is 1. The average Bonchev–Trinajstić information content (AvgIpc) is 2.91. The maximum absolute atomic E-state index is 11.5. The molecule has 134 valence electrons. The topological polar surface area (TPSA) is 89.0 Å². The van der Waals surface area contributed by atoms with E-state index in [4.69, 9.17) is 9.47 Å². The monoisotopic (exact) mass is 355 g/mol. The summed E-state index contributed by atoms with van der Waals surface area (Å²) >= 11 is 0. The first-order valence-electron chi connectivity index (χ1n) is 7.95. The first-order valence-corrected chi connectivity index (χ1v) is 9.77. The quantitative estimate of drug-likeness (QED) is 0.594. The highest BCUT2D eigenvalue weighted by molar-refractivity contribution is 7.91. The van der Waals surface area contributed by atoms with Gasteiger partial charge in [-0.15, -0.1) is 0 Å². The number of sulfone groups is 1. The molecule has 0 aliphatic carbocycles. The molecule has 0 saturated carbocycles. The standard InChI is InChI=1S/C16H25N3O4S/c1-4-17-16(18-10-12-7-8-24(20,21)11-12)19-13-5-6-14(22-2)15(9-13)23-3/h5-6,9,12H,4,7-8,10-11H2,1-3H3,(H2,17,18,19). The van der Waals surface area contributed by atoms with Crippen LogP contribution in [0, 0.1) is 5.92 Å². The fraction of sp³-hybridized carbons (Fsp3) is 0.562. The van der Waals surface area contributed by atoms with Gasteiger partial charge in [-0.1, -0.05) is 0 Å². The van der Waals surface area contributed by atoms with E-state index in [1.807, 2.05) is 25.1 Å². The van der Waals surface area contributed by atoms with Gasteiger partial charge in [0.1, 0.15) is 0 Å². The van der Waals surface area contributed by atoms with Gasteiger partial charge in [0.25, 0.3) is 0 Å². The zero-order chi connectivity index (χ0) is 17.6. The molecule has 1 aromatic rings. The van der Waals surface area contributed by atoms with Crippen molar-refractivity contribution in [3.8, 4) is 11.5 Å². The van der Waals surface area contributed by atoms with Crippen molar-refractivity contribution in [2.45, 2.75) is 13.3 Å². The second kappa shape index (κ2) is 8.23. The van der Waals surface area contributed by atoms with Gasteiger partial charge in [-0.2, -0.15) is 0 Å². The van der Waals surface area contributed by atoms with Crippen LogP contribution in [0.4, 0.5) is 5.69 Å². The Morgan fingerprint density at radius 3 is 2.62 bits per heavy atom. The molecule has 0 amide bonds. The maximum Gasteiger partial charge on any atom is 0.195 e. The number of hydrogen-bond donors (Lipinski definition) is 2. The summed E-state index contributed by atoms with van der Waals surface area (Å²) in [5.41, 5.74) is 0.811. The smallest absolute Gasteiger partial charge is 0.195 e. The van der Waals surface area contributed by atoms with Gasteiger partial charge in [-0.05, 0) is 31.4 Å². The molecule has 1 aliphatic rings. The van der Waals surface area contributed by atoms with Crippen molar-refractivity contribution in [1.82, 2.24) is 5.32 Å². The molecule has 1 heterocycles. The number of methoxy groups -OCH3 is 2. The van der Waals surface area contributed by atoms with Crippen LogP contribution in [-0.4, -0.2) is 53.2 Å². The molecule has 2 N–H and O–H groups in total. The van der Waals surface area contributed by atoms with E-state index in [9.17, 15) is 8.42 Å². The first kappa shape index (κ1) is 18.4. The number of aliphatic imine (C=N–C) groups is 1. The van der Waals surface area contributed by atoms with E-state index in [1.165, 1.54) is 0 Å². The molecule has 2 rings (SSSR count). The summed E-state index contributed by atoms with van der Waals surface area (Å²) in [7, 11) is 0.302. The fourth-order valence-corrected chi connectivity index (χ4v) is 4.44. The Morgan fingerprint density at radius 1 is 1.29 bits per heavy atom. The minimum absolute atomic E-state index is 0.0934. The van der Waals surface area contributed by atoms with Gasteiger partial charge < -0.3 is 20.1 Å². The zero-order valence-electron chi connectivity index (χ0n) is 14.3. The van der Waals surface area contributed by atoms with Crippen molar-refractivity contribution in [2.75, 3.05) is 44.1 Å². The fourth-order valence-electron chi connectivity index (χ4n) is 2.59. The maximum atomic E-state index is 11.5. The Bertz CT molecular complexity index is 689. The molecule has 0 radical (unpaired) electrons. The van der Waals surface area contributed by atoms with Crippen molar-refractivity contribution in [3.63, 3.8) is 0 Å². The van der Waals surface area contributed by atoms with E-state index in [-0.39, 0.29) is 17.4 Å². The molecule has 1 unspecified atom stereocenters. The van der Waals surface area contributed by atoms with Crippen LogP contribution in [0.5, 0.6) is 11.5 Å². The minimum Gasteiger partial charge on any atom is -0.493 e. The highest BCUT2D eigenvalue weighted by Crippen LogP contribution is 2.29. The summed E-state index contributed by atoms with van der Waals surface area (Å²) in [6.07, 6.45) is 0.682. The van der Waals surface area contributed by atoms with Crippen molar-refractivity contribution >= 4 is 21.5 Å². The summed E-state index contributed by atoms with van der Waals surface area (Å²) in [6.45, 7) is 3.18. The first-order chi connectivity index (χ1) is 11.5. The second-order valence-electron chi connectivity index (χ2n) is 5.68. The molecule has 7 nitrogen and oxygen atoms in total. The Morgan fingerprint density at radius 2 is 2.04 bits per heavy atom. The summed E-state index contributed by atoms with van der Waals surface area (Å²) < 4.78 is 33.6. The van der Waals surface area contributed by atoms with Crippen LogP contribution in [0.3, 0.4) is 0 Å². The molecule has 8 heteroatoms. The van der Waals surface area contributed by atoms with Gasteiger partial charge >= 0.3 is 0 Å². The molecule has 1 aliphatic heterocycles. The Balaban J connectivity index is 2.06. The van der Waals surface area contributed by atoms with Crippen LogP contribution >= 0.6 is 0 Å². The second-order valence-corrected chi connectivity index (χ2v) is 7.91. The van der Waals surface area contributed by atoms with E-state index < -0.39 is 9.84 Å². The molecule has 1 aromatic carbocycles. The van der Waals surface area contributed by atoms with Crippen LogP contribution in [0.1, 0.15) is 13.3 Å². The van der Waals surface area contributed by atoms with Gasteiger partial charge in [-0.3, -0.25) is 4.99 Å². The molecule has 0 aromatic heterocycles. The number of rotatable bonds is 6. The Kier molecular flexibility index (Phi) is 6.30. The zero-order valence-corrected chi connectivity index (χ0v) is 15.1. The van der Waals surface area contributed by atoms with Gasteiger partial charge in [0.15, 0.2) is 27.3 Å². The molecule has 0 spiro atoms. The lowest BCUT2D eigenvalue weighted by molar-refractivity contribution is 0.355. The summed E-state index contributed by atoms with van der Waals surface area (Å²) in [5.74, 6) is 2.49. The lowest BCUT2D eigenvalue weighted by Crippen LogP contribution is -2.31. The number of hydrogen-bond acceptors (Lipinski definition) is 5. The molecule has 1 saturated heterocycles. The Labute approximate surface area is 143 Å². The van der Waals surface area contributed by atoms with Crippen LogP contribution in [0.15, 0.2) is 23.2 Å². The summed E-state index contributed by atoms with van der Waals surface area (Å²) in [5, 5.41) is 6.36. The number of benzene rings is 1. The van der Waals surface area contributed by atoms with Gasteiger partial charge in [0, 0.05) is 24.8 Å². The lowest BCUT2D eigenvalue weighted by atomic mass is 10.1. The van der Waals surface area contributed by atoms with Crippen LogP contribution in [0.2, 0.25) is 0 Å². The summed E-state index contributed by atoms with van der Waals surface area (Å²) in [4.78, 5) is 4.51. The molecular weight excluding hydrogens is 330 g/mol. The SMILES string of the molecule is CCNC(=NCC1CCS(=O)(=O)C1)Nc1ccc(OC)c(OC)c1. The highest BCUT2D eigenvalue weighted by atomic mass is 32.2. The van der Waals surface area contributed by atoms with E-state index in [0.717, 1.165) is 5.69 Å². The van der Waals surface area contributed by atoms with Crippen molar-refractivity contribution in [2.24, 2.45) is 10.9 Å². The lowest BCUT2D eigenvalue weighted by Gasteiger charge is -2.14. The summed E-state index contributed by atoms with van der Waals surface area (Å²) in [6, 6.07) is 5.51. The predicted molar refractivity (Wildman–Crippen MR) is 95.9 cm³/mol. The van der Waals surface area contributed by atoms with E-state index in [1.54, 1.807) is 14.2 Å².